The number of hydrogen-bond acceptors (Lipinski definition) is 12. The summed E-state index contributed by atoms with van der Waals surface area (Å²) in [6, 6.07) is 32.0. The number of hydrogen-bond donors (Lipinski definition) is 0. The molecule has 0 N–H and O–H groups in total. The maximum Gasteiger partial charge on any atom is 0.410 e. The number of ether oxygens (including phenoxy) is 4. The molecule has 0 saturated carbocycles. The summed E-state index contributed by atoms with van der Waals surface area (Å²) in [6.07, 6.45) is 2.12. The Morgan fingerprint density at radius 1 is 0.708 bits per heavy atom. The summed E-state index contributed by atoms with van der Waals surface area (Å²) in [5.41, 5.74) is 3.56. The summed E-state index contributed by atoms with van der Waals surface area (Å²) in [7, 11) is -4.31. The molecule has 2 heterocycles. The van der Waals surface area contributed by atoms with Crippen molar-refractivity contribution in [2.45, 2.75) is 74.6 Å². The minimum Gasteiger partial charge on any atom is -0.497 e. The number of carbonyl (C=O) groups is 1. The number of benzene rings is 5. The minimum atomic E-state index is -4.75. The molecule has 17 heteroatoms. The second-order valence-electron chi connectivity index (χ2n) is 16.9. The topological polar surface area (TPSA) is 172 Å². The molecule has 1 amide bonds. The summed E-state index contributed by atoms with van der Waals surface area (Å²) >= 11 is 0. The van der Waals surface area contributed by atoms with E-state index in [0.29, 0.717) is 52.6 Å². The molecule has 6 aromatic rings. The zero-order chi connectivity index (χ0) is 46.5. The number of rotatable bonds is 15. The second kappa shape index (κ2) is 19.4. The van der Waals surface area contributed by atoms with Crippen LogP contribution in [-0.2, 0) is 44.2 Å². The van der Waals surface area contributed by atoms with Crippen molar-refractivity contribution in [1.82, 2.24) is 29.4 Å². The van der Waals surface area contributed by atoms with E-state index < -0.39 is 35.3 Å². The predicted octanol–water partition coefficient (Wildman–Crippen LogP) is 7.99. The molecule has 1 saturated heterocycles. The van der Waals surface area contributed by atoms with Crippen LogP contribution in [0.4, 0.5) is 4.79 Å². The summed E-state index contributed by atoms with van der Waals surface area (Å²) in [4.78, 5) is 13.7. The summed E-state index contributed by atoms with van der Waals surface area (Å²) in [6.45, 7) is 6.50. The van der Waals surface area contributed by atoms with Gasteiger partial charge in [-0.2, -0.15) is 4.31 Å². The van der Waals surface area contributed by atoms with E-state index in [2.05, 4.69) is 15.5 Å². The van der Waals surface area contributed by atoms with Crippen LogP contribution in [0.5, 0.6) is 17.2 Å². The van der Waals surface area contributed by atoms with Crippen LogP contribution >= 0.6 is 0 Å². The Bertz CT molecular complexity index is 2770. The van der Waals surface area contributed by atoms with Gasteiger partial charge in [-0.3, -0.25) is 0 Å². The summed E-state index contributed by atoms with van der Waals surface area (Å²) < 4.78 is 83.9. The van der Waals surface area contributed by atoms with Crippen LogP contribution in [0.2, 0.25) is 0 Å². The molecule has 1 fully saturated rings. The van der Waals surface area contributed by atoms with E-state index in [0.717, 1.165) is 30.2 Å². The van der Waals surface area contributed by atoms with Gasteiger partial charge in [0.25, 0.3) is 0 Å². The van der Waals surface area contributed by atoms with Crippen LogP contribution < -0.4 is 14.2 Å². The molecule has 342 valence electrons. The number of sulfone groups is 1. The number of piperidine rings is 1. The molecule has 1 aliphatic rings. The first-order valence-electron chi connectivity index (χ1n) is 21.1. The zero-order valence-corrected chi connectivity index (χ0v) is 39.2. The molecule has 0 atom stereocenters. The second-order valence-corrected chi connectivity index (χ2v) is 20.8. The first-order chi connectivity index (χ1) is 31.0. The molecule has 0 spiro atoms. The van der Waals surface area contributed by atoms with E-state index in [1.54, 1.807) is 93.0 Å². The third kappa shape index (κ3) is 11.0. The van der Waals surface area contributed by atoms with Gasteiger partial charge >= 0.3 is 6.09 Å². The van der Waals surface area contributed by atoms with Gasteiger partial charge in [-0.1, -0.05) is 66.7 Å². The van der Waals surface area contributed by atoms with Crippen LogP contribution in [0, 0.1) is 0 Å². The number of carbonyl (C=O) groups excluding carboxylic acids is 1. The molecule has 1 aromatic heterocycles. The Hall–Kier alpha value is -6.30. The van der Waals surface area contributed by atoms with Crippen LogP contribution in [0.1, 0.15) is 61.8 Å². The van der Waals surface area contributed by atoms with Gasteiger partial charge < -0.3 is 23.8 Å². The van der Waals surface area contributed by atoms with Crippen molar-refractivity contribution >= 4 is 26.0 Å². The maximum absolute atomic E-state index is 15.8. The van der Waals surface area contributed by atoms with Gasteiger partial charge in [-0.15, -0.1) is 5.10 Å². The Morgan fingerprint density at radius 2 is 1.22 bits per heavy atom. The highest BCUT2D eigenvalue weighted by atomic mass is 32.2. The number of amides is 1. The van der Waals surface area contributed by atoms with Gasteiger partial charge in [0.1, 0.15) is 27.7 Å². The van der Waals surface area contributed by atoms with Gasteiger partial charge in [0.2, 0.25) is 10.0 Å². The fraction of sp³-hybridized carbons (Fsp3) is 0.333. The average molecular weight is 923 g/mol. The third-order valence-corrected chi connectivity index (χ3v) is 14.4. The van der Waals surface area contributed by atoms with Gasteiger partial charge in [-0.25, -0.2) is 26.3 Å². The molecule has 0 bridgehead atoms. The lowest BCUT2D eigenvalue weighted by molar-refractivity contribution is 0.0204. The monoisotopic (exact) mass is 922 g/mol. The highest BCUT2D eigenvalue weighted by Crippen LogP contribution is 2.43. The van der Waals surface area contributed by atoms with Crippen LogP contribution in [-0.4, -0.2) is 98.6 Å². The smallest absolute Gasteiger partial charge is 0.410 e. The fourth-order valence-electron chi connectivity index (χ4n) is 7.85. The zero-order valence-electron chi connectivity index (χ0n) is 37.6. The van der Waals surface area contributed by atoms with Crippen LogP contribution in [0.3, 0.4) is 0 Å². The average Bonchev–Trinajstić information content (AvgIpc) is 3.75. The van der Waals surface area contributed by atoms with E-state index in [1.165, 1.54) is 15.1 Å². The number of tetrazole rings is 1. The number of likely N-dealkylation sites (tertiary alicyclic amines) is 1. The maximum atomic E-state index is 15.8. The fourth-order valence-corrected chi connectivity index (χ4v) is 11.1. The van der Waals surface area contributed by atoms with Crippen molar-refractivity contribution in [3.63, 3.8) is 0 Å². The van der Waals surface area contributed by atoms with Crippen molar-refractivity contribution in [2.24, 2.45) is 0 Å². The SMILES string of the molecule is COc1ccc(CN(Cc2ccc(OC)cc2)S(=O)(=O)c2c(S(C)(=O)=O)ccc(-c3ccc(C4CCN(C(=O)OC(C)(C)C)CC4)cc3)c2-c2nnnn2Cc2ccc(OC)cc2)cc1. The molecule has 7 rings (SSSR count). The van der Waals surface area contributed by atoms with E-state index in [9.17, 15) is 13.2 Å². The predicted molar refractivity (Wildman–Crippen MR) is 246 cm³/mol. The molecule has 0 unspecified atom stereocenters. The van der Waals surface area contributed by atoms with Crippen LogP contribution in [0.15, 0.2) is 119 Å². The normalized spacial score (nSPS) is 13.8. The molecule has 0 aliphatic carbocycles. The molecule has 15 nitrogen and oxygen atoms in total. The summed E-state index contributed by atoms with van der Waals surface area (Å²) in [5.74, 6) is 2.04. The lowest BCUT2D eigenvalue weighted by Gasteiger charge is -2.33. The van der Waals surface area contributed by atoms with E-state index in [1.807, 2.05) is 57.2 Å². The van der Waals surface area contributed by atoms with Crippen molar-refractivity contribution in [3.8, 4) is 39.8 Å². The highest BCUT2D eigenvalue weighted by Gasteiger charge is 2.37. The standard InChI is InChI=1S/C48H54N6O9S2/c1-48(2,3)63-47(55)52-28-26-37(27-29-52)36-14-16-38(17-15-36)42-24-25-43(64(7,56)57)45(44(42)46-49-50-51-54(46)32-35-12-22-41(62-6)23-13-35)65(58,59)53(30-33-8-18-39(60-4)19-9-33)31-34-10-20-40(61-5)21-11-34/h8-25,37H,26-32H2,1-7H3. The van der Waals surface area contributed by atoms with Gasteiger partial charge in [0.05, 0.1) is 38.3 Å². The number of sulfonamides is 1. The Balaban J connectivity index is 1.38. The summed E-state index contributed by atoms with van der Waals surface area (Å²) in [5, 5.41) is 12.8. The number of nitrogens with zero attached hydrogens (tertiary/aromatic N) is 6. The molecular weight excluding hydrogens is 869 g/mol. The first-order valence-corrected chi connectivity index (χ1v) is 24.4. The van der Waals surface area contributed by atoms with E-state index >= 15 is 8.42 Å². The van der Waals surface area contributed by atoms with Gasteiger partial charge in [0.15, 0.2) is 15.7 Å². The van der Waals surface area contributed by atoms with Crippen molar-refractivity contribution in [3.05, 3.63) is 131 Å². The molecule has 0 radical (unpaired) electrons. The van der Waals surface area contributed by atoms with Crippen molar-refractivity contribution < 1.29 is 40.6 Å². The van der Waals surface area contributed by atoms with Crippen molar-refractivity contribution in [1.29, 1.82) is 0 Å². The van der Waals surface area contributed by atoms with Crippen molar-refractivity contribution in [2.75, 3.05) is 40.7 Å². The van der Waals surface area contributed by atoms with Gasteiger partial charge in [0, 0.05) is 32.4 Å². The number of aromatic nitrogens is 4. The molecule has 5 aromatic carbocycles. The third-order valence-electron chi connectivity index (χ3n) is 11.2. The lowest BCUT2D eigenvalue weighted by atomic mass is 9.88. The lowest BCUT2D eigenvalue weighted by Crippen LogP contribution is -2.41. The van der Waals surface area contributed by atoms with E-state index in [-0.39, 0.29) is 43.0 Å². The quantitative estimate of drug-likeness (QED) is 0.0974. The molecule has 1 aliphatic heterocycles. The van der Waals surface area contributed by atoms with Crippen LogP contribution in [0.25, 0.3) is 22.5 Å². The Kier molecular flexibility index (Phi) is 14.0. The largest absolute Gasteiger partial charge is 0.497 e. The molecular formula is C48H54N6O9S2. The Morgan fingerprint density at radius 3 is 1.69 bits per heavy atom. The highest BCUT2D eigenvalue weighted by molar-refractivity contribution is 7.93. The van der Waals surface area contributed by atoms with Gasteiger partial charge in [-0.05, 0) is 126 Å². The first kappa shape index (κ1) is 46.7. The molecule has 65 heavy (non-hydrogen) atoms. The Labute approximate surface area is 380 Å². The number of methoxy groups -OCH3 is 3. The van der Waals surface area contributed by atoms with E-state index in [4.69, 9.17) is 18.9 Å². The minimum absolute atomic E-state index is 0.0271.